The van der Waals surface area contributed by atoms with Crippen LogP contribution in [0.4, 0.5) is 14.5 Å². The topological polar surface area (TPSA) is 24.9 Å². The van der Waals surface area contributed by atoms with Crippen LogP contribution in [0, 0.1) is 6.92 Å². The Morgan fingerprint density at radius 2 is 2.19 bits per heavy atom. The summed E-state index contributed by atoms with van der Waals surface area (Å²) in [4.78, 5) is 4.01. The van der Waals surface area contributed by atoms with E-state index in [2.05, 4.69) is 26.2 Å². The van der Waals surface area contributed by atoms with Gasteiger partial charge in [-0.05, 0) is 34.5 Å². The molecule has 1 heterocycles. The largest absolute Gasteiger partial charge is 0.379 e. The summed E-state index contributed by atoms with van der Waals surface area (Å²) in [7, 11) is 0. The SMILES string of the molecule is Cc1cc(Cl)nc(Br)c1NC1CC(F)(F)C1. The Morgan fingerprint density at radius 1 is 1.56 bits per heavy atom. The molecule has 1 aliphatic carbocycles. The van der Waals surface area contributed by atoms with Gasteiger partial charge in [-0.1, -0.05) is 11.6 Å². The van der Waals surface area contributed by atoms with Gasteiger partial charge in [-0.25, -0.2) is 13.8 Å². The summed E-state index contributed by atoms with van der Waals surface area (Å²) in [6.07, 6.45) is -0.247. The van der Waals surface area contributed by atoms with Gasteiger partial charge in [-0.3, -0.25) is 0 Å². The number of aromatic nitrogens is 1. The predicted molar refractivity (Wildman–Crippen MR) is 63.3 cm³/mol. The highest BCUT2D eigenvalue weighted by atomic mass is 79.9. The molecule has 0 unspecified atom stereocenters. The van der Waals surface area contributed by atoms with Gasteiger partial charge in [0.25, 0.3) is 5.92 Å². The third kappa shape index (κ3) is 2.46. The maximum Gasteiger partial charge on any atom is 0.252 e. The number of hydrogen-bond donors (Lipinski definition) is 1. The summed E-state index contributed by atoms with van der Waals surface area (Å²) in [6, 6.07) is 1.51. The van der Waals surface area contributed by atoms with Gasteiger partial charge in [0.05, 0.1) is 5.69 Å². The standard InChI is InChI=1S/C10H10BrClF2N2/c1-5-2-7(12)16-9(11)8(5)15-6-3-10(13,14)4-6/h2,6,15H,3-4H2,1H3. The Hall–Kier alpha value is -0.420. The van der Waals surface area contributed by atoms with Crippen molar-refractivity contribution in [1.82, 2.24) is 4.98 Å². The molecular weight excluding hydrogens is 301 g/mol. The van der Waals surface area contributed by atoms with Gasteiger partial charge in [0.1, 0.15) is 9.76 Å². The second-order valence-electron chi connectivity index (χ2n) is 4.03. The molecule has 0 spiro atoms. The average molecular weight is 312 g/mol. The molecule has 2 rings (SSSR count). The van der Waals surface area contributed by atoms with Crippen LogP contribution in [0.25, 0.3) is 0 Å². The molecule has 1 N–H and O–H groups in total. The summed E-state index contributed by atoms with van der Waals surface area (Å²) in [5.74, 6) is -2.52. The first-order valence-corrected chi connectivity index (χ1v) is 6.01. The van der Waals surface area contributed by atoms with Crippen LogP contribution in [0.15, 0.2) is 10.7 Å². The number of anilines is 1. The first-order valence-electron chi connectivity index (χ1n) is 4.84. The van der Waals surface area contributed by atoms with Crippen molar-refractivity contribution in [3.05, 3.63) is 21.4 Å². The van der Waals surface area contributed by atoms with E-state index in [1.807, 2.05) is 6.92 Å². The number of pyridine rings is 1. The van der Waals surface area contributed by atoms with E-state index in [0.29, 0.717) is 9.76 Å². The Morgan fingerprint density at radius 3 is 2.69 bits per heavy atom. The van der Waals surface area contributed by atoms with Crippen molar-refractivity contribution in [2.45, 2.75) is 31.7 Å². The number of alkyl halides is 2. The van der Waals surface area contributed by atoms with Gasteiger partial charge in [0.2, 0.25) is 0 Å². The Bertz CT molecular complexity index is 394. The molecule has 1 saturated carbocycles. The van der Waals surface area contributed by atoms with E-state index < -0.39 is 5.92 Å². The monoisotopic (exact) mass is 310 g/mol. The normalized spacial score (nSPS) is 19.3. The predicted octanol–water partition coefficient (Wildman–Crippen LogP) is 4.02. The third-order valence-corrected chi connectivity index (χ3v) is 3.35. The van der Waals surface area contributed by atoms with E-state index in [0.717, 1.165) is 11.3 Å². The third-order valence-electron chi connectivity index (χ3n) is 2.58. The quantitative estimate of drug-likeness (QED) is 0.835. The maximum atomic E-state index is 12.7. The highest BCUT2D eigenvalue weighted by Gasteiger charge is 2.45. The molecule has 0 amide bonds. The van der Waals surface area contributed by atoms with Crippen LogP contribution < -0.4 is 5.32 Å². The second-order valence-corrected chi connectivity index (χ2v) is 5.17. The molecular formula is C10H10BrClF2N2. The van der Waals surface area contributed by atoms with E-state index in [1.165, 1.54) is 0 Å². The van der Waals surface area contributed by atoms with E-state index in [1.54, 1.807) is 6.07 Å². The minimum Gasteiger partial charge on any atom is -0.379 e. The molecule has 0 saturated heterocycles. The smallest absolute Gasteiger partial charge is 0.252 e. The van der Waals surface area contributed by atoms with Crippen LogP contribution in [-0.2, 0) is 0 Å². The van der Waals surface area contributed by atoms with Gasteiger partial charge in [0.15, 0.2) is 0 Å². The lowest BCUT2D eigenvalue weighted by molar-refractivity contribution is -0.0793. The molecule has 0 aromatic carbocycles. The Kier molecular flexibility index (Phi) is 3.09. The zero-order valence-electron chi connectivity index (χ0n) is 8.53. The van der Waals surface area contributed by atoms with Crippen molar-refractivity contribution in [1.29, 1.82) is 0 Å². The molecule has 0 aliphatic heterocycles. The fourth-order valence-corrected chi connectivity index (χ4v) is 2.70. The van der Waals surface area contributed by atoms with Gasteiger partial charge < -0.3 is 5.32 Å². The van der Waals surface area contributed by atoms with Crippen LogP contribution in [0.3, 0.4) is 0 Å². The molecule has 0 radical (unpaired) electrons. The molecule has 16 heavy (non-hydrogen) atoms. The maximum absolute atomic E-state index is 12.7. The van der Waals surface area contributed by atoms with Crippen molar-refractivity contribution >= 4 is 33.2 Å². The molecule has 6 heteroatoms. The van der Waals surface area contributed by atoms with E-state index in [4.69, 9.17) is 11.6 Å². The van der Waals surface area contributed by atoms with Crippen LogP contribution in [-0.4, -0.2) is 16.9 Å². The van der Waals surface area contributed by atoms with Crippen molar-refractivity contribution in [3.63, 3.8) is 0 Å². The van der Waals surface area contributed by atoms with Gasteiger partial charge in [0, 0.05) is 18.9 Å². The van der Waals surface area contributed by atoms with Crippen LogP contribution in [0.2, 0.25) is 5.15 Å². The van der Waals surface area contributed by atoms with Crippen LogP contribution in [0.5, 0.6) is 0 Å². The zero-order chi connectivity index (χ0) is 11.9. The minimum atomic E-state index is -2.52. The average Bonchev–Trinajstić information content (AvgIpc) is 2.07. The fourth-order valence-electron chi connectivity index (χ4n) is 1.74. The minimum absolute atomic E-state index is 0.124. The van der Waals surface area contributed by atoms with Crippen molar-refractivity contribution < 1.29 is 8.78 Å². The summed E-state index contributed by atoms with van der Waals surface area (Å²) >= 11 is 9.03. The Balaban J connectivity index is 2.11. The summed E-state index contributed by atoms with van der Waals surface area (Å²) < 4.78 is 25.9. The number of hydrogen-bond acceptors (Lipinski definition) is 2. The lowest BCUT2D eigenvalue weighted by Gasteiger charge is -2.36. The number of aryl methyl sites for hydroxylation is 1. The first-order chi connectivity index (χ1) is 7.37. The molecule has 1 fully saturated rings. The van der Waals surface area contributed by atoms with E-state index in [9.17, 15) is 8.78 Å². The number of nitrogens with one attached hydrogen (secondary N) is 1. The van der Waals surface area contributed by atoms with Gasteiger partial charge in [-0.15, -0.1) is 0 Å². The summed E-state index contributed by atoms with van der Waals surface area (Å²) in [5.41, 5.74) is 1.63. The van der Waals surface area contributed by atoms with Crippen molar-refractivity contribution in [3.8, 4) is 0 Å². The highest BCUT2D eigenvalue weighted by Crippen LogP contribution is 2.40. The van der Waals surface area contributed by atoms with Crippen molar-refractivity contribution in [2.75, 3.05) is 5.32 Å². The van der Waals surface area contributed by atoms with Gasteiger partial charge in [-0.2, -0.15) is 0 Å². The first kappa shape index (κ1) is 12.0. The fraction of sp³-hybridized carbons (Fsp3) is 0.500. The summed E-state index contributed by atoms with van der Waals surface area (Å²) in [5, 5.41) is 3.43. The molecule has 1 aromatic rings. The van der Waals surface area contributed by atoms with Gasteiger partial charge >= 0.3 is 0 Å². The number of nitrogens with zero attached hydrogens (tertiary/aromatic N) is 1. The Labute approximate surface area is 106 Å². The molecule has 2 nitrogen and oxygen atoms in total. The molecule has 0 bridgehead atoms. The lowest BCUT2D eigenvalue weighted by atomic mass is 9.88. The molecule has 0 atom stereocenters. The lowest BCUT2D eigenvalue weighted by Crippen LogP contribution is -2.44. The number of rotatable bonds is 2. The molecule has 1 aromatic heterocycles. The zero-order valence-corrected chi connectivity index (χ0v) is 10.9. The van der Waals surface area contributed by atoms with Crippen LogP contribution >= 0.6 is 27.5 Å². The van der Waals surface area contributed by atoms with Crippen LogP contribution in [0.1, 0.15) is 18.4 Å². The summed E-state index contributed by atoms with van der Waals surface area (Å²) in [6.45, 7) is 1.86. The molecule has 88 valence electrons. The highest BCUT2D eigenvalue weighted by molar-refractivity contribution is 9.10. The number of halogens is 4. The second kappa shape index (κ2) is 4.11. The van der Waals surface area contributed by atoms with E-state index in [-0.39, 0.29) is 18.9 Å². The molecule has 1 aliphatic rings. The van der Waals surface area contributed by atoms with Crippen molar-refractivity contribution in [2.24, 2.45) is 0 Å². The van der Waals surface area contributed by atoms with E-state index >= 15 is 0 Å².